The summed E-state index contributed by atoms with van der Waals surface area (Å²) in [5.41, 5.74) is 1.95. The van der Waals surface area contributed by atoms with E-state index in [2.05, 4.69) is 24.3 Å². The second-order valence-electron chi connectivity index (χ2n) is 7.31. The maximum atomic E-state index is 13.1. The minimum atomic E-state index is -3.07. The molecule has 1 saturated heterocycles. The van der Waals surface area contributed by atoms with Gasteiger partial charge in [0.2, 0.25) is 0 Å². The van der Waals surface area contributed by atoms with Crippen LogP contribution in [-0.2, 0) is 21.2 Å². The highest BCUT2D eigenvalue weighted by molar-refractivity contribution is 7.98. The van der Waals surface area contributed by atoms with E-state index in [1.165, 1.54) is 10.5 Å². The number of likely N-dealkylation sites (N-methyl/N-ethyl adjacent to an activating group) is 1. The van der Waals surface area contributed by atoms with Gasteiger partial charge in [0.15, 0.2) is 16.4 Å². The van der Waals surface area contributed by atoms with Gasteiger partial charge in [-0.05, 0) is 36.9 Å². The first kappa shape index (κ1) is 20.9. The summed E-state index contributed by atoms with van der Waals surface area (Å²) in [6, 6.07) is 17.5. The molecule has 1 unspecified atom stereocenters. The predicted molar refractivity (Wildman–Crippen MR) is 115 cm³/mol. The average Bonchev–Trinajstić information content (AvgIpc) is 3.02. The van der Waals surface area contributed by atoms with Crippen LogP contribution in [0.15, 0.2) is 59.5 Å². The van der Waals surface area contributed by atoms with E-state index in [0.717, 1.165) is 17.1 Å². The van der Waals surface area contributed by atoms with E-state index < -0.39 is 9.84 Å². The maximum Gasteiger partial charge on any atom is 0.282 e. The molecule has 2 aromatic rings. The Kier molecular flexibility index (Phi) is 6.80. The zero-order valence-electron chi connectivity index (χ0n) is 16.3. The summed E-state index contributed by atoms with van der Waals surface area (Å²) >= 11 is 1.71. The molecule has 1 heterocycles. The largest absolute Gasteiger partial charge is 0.326 e. The van der Waals surface area contributed by atoms with Crippen molar-refractivity contribution in [2.24, 2.45) is 0 Å². The predicted octanol–water partition coefficient (Wildman–Crippen LogP) is 1.64. The molecule has 0 bridgehead atoms. The first-order chi connectivity index (χ1) is 13.4. The summed E-state index contributed by atoms with van der Waals surface area (Å²) in [7, 11) is -1.07. The van der Waals surface area contributed by atoms with Gasteiger partial charge < -0.3 is 9.80 Å². The normalized spacial score (nSPS) is 19.3. The quantitative estimate of drug-likeness (QED) is 0.694. The van der Waals surface area contributed by atoms with E-state index in [1.54, 1.807) is 16.7 Å². The molecular weight excluding hydrogens is 392 g/mol. The molecule has 0 radical (unpaired) electrons. The zero-order chi connectivity index (χ0) is 20.1. The molecule has 0 spiro atoms. The number of thioether (sulfide) groups is 1. The summed E-state index contributed by atoms with van der Waals surface area (Å²) in [4.78, 5) is 17.1. The van der Waals surface area contributed by atoms with Crippen molar-refractivity contribution in [1.29, 1.82) is 0 Å². The number of carbonyl (C=O) groups excluding carboxylic acids is 1. The fourth-order valence-electron chi connectivity index (χ4n) is 3.62. The van der Waals surface area contributed by atoms with Gasteiger partial charge in [-0.3, -0.25) is 4.79 Å². The lowest BCUT2D eigenvalue weighted by Gasteiger charge is -2.29. The molecule has 28 heavy (non-hydrogen) atoms. The topological polar surface area (TPSA) is 58.9 Å². The lowest BCUT2D eigenvalue weighted by Crippen LogP contribution is -3.09. The number of hydrogen-bond donors (Lipinski definition) is 1. The van der Waals surface area contributed by atoms with Crippen LogP contribution in [0.4, 0.5) is 5.69 Å². The third-order valence-electron chi connectivity index (χ3n) is 4.99. The summed E-state index contributed by atoms with van der Waals surface area (Å²) in [6.45, 7) is 1.06. The van der Waals surface area contributed by atoms with Crippen LogP contribution in [-0.4, -0.2) is 51.7 Å². The minimum Gasteiger partial charge on any atom is -0.326 e. The molecule has 1 aliphatic heterocycles. The highest BCUT2D eigenvalue weighted by atomic mass is 32.2. The Morgan fingerprint density at radius 1 is 1.14 bits per heavy atom. The summed E-state index contributed by atoms with van der Waals surface area (Å²) < 4.78 is 23.9. The van der Waals surface area contributed by atoms with Crippen LogP contribution in [0.1, 0.15) is 12.0 Å². The maximum absolute atomic E-state index is 13.1. The Balaban J connectivity index is 1.71. The van der Waals surface area contributed by atoms with Gasteiger partial charge in [0.05, 0.1) is 24.6 Å². The van der Waals surface area contributed by atoms with Gasteiger partial charge >= 0.3 is 0 Å². The first-order valence-electron chi connectivity index (χ1n) is 9.40. The molecule has 3 rings (SSSR count). The number of benzene rings is 2. The summed E-state index contributed by atoms with van der Waals surface area (Å²) in [6.07, 6.45) is 2.55. The molecule has 0 aromatic heterocycles. The van der Waals surface area contributed by atoms with Crippen molar-refractivity contribution in [2.45, 2.75) is 23.9 Å². The number of quaternary nitrogens is 1. The third kappa shape index (κ3) is 5.37. The van der Waals surface area contributed by atoms with Crippen LogP contribution >= 0.6 is 11.8 Å². The van der Waals surface area contributed by atoms with Gasteiger partial charge in [-0.1, -0.05) is 30.3 Å². The third-order valence-corrected chi connectivity index (χ3v) is 7.49. The fraction of sp³-hybridized carbons (Fsp3) is 0.381. The van der Waals surface area contributed by atoms with Crippen LogP contribution in [0.3, 0.4) is 0 Å². The van der Waals surface area contributed by atoms with Crippen molar-refractivity contribution in [2.75, 3.05) is 36.3 Å². The SMILES string of the molecule is CSc1ccc(C[NH+](C)CC(=O)N(c2ccccc2)[C@H]2CCS(=O)(=O)C2)cc1. The fourth-order valence-corrected chi connectivity index (χ4v) is 5.73. The van der Waals surface area contributed by atoms with Crippen LogP contribution in [0, 0.1) is 0 Å². The zero-order valence-corrected chi connectivity index (χ0v) is 17.9. The smallest absolute Gasteiger partial charge is 0.282 e. The number of hydrogen-bond acceptors (Lipinski definition) is 4. The standard InChI is InChI=1S/C21H26N2O3S2/c1-22(14-17-8-10-20(27-2)11-9-17)15-21(24)23(18-6-4-3-5-7-18)19-12-13-28(25,26)16-19/h3-11,19H,12-16H2,1-2H3/p+1/t19-/m0/s1. The van der Waals surface area contributed by atoms with Crippen LogP contribution in [0.25, 0.3) is 0 Å². The molecule has 1 aliphatic rings. The number of nitrogens with one attached hydrogen (secondary N) is 1. The lowest BCUT2D eigenvalue weighted by atomic mass is 10.1. The minimum absolute atomic E-state index is 0.0356. The molecule has 0 saturated carbocycles. The number of anilines is 1. The van der Waals surface area contributed by atoms with Gasteiger partial charge in [-0.25, -0.2) is 8.42 Å². The van der Waals surface area contributed by atoms with Crippen molar-refractivity contribution < 1.29 is 18.1 Å². The van der Waals surface area contributed by atoms with Gasteiger partial charge in [0, 0.05) is 16.1 Å². The Morgan fingerprint density at radius 2 is 1.82 bits per heavy atom. The second-order valence-corrected chi connectivity index (χ2v) is 10.4. The molecule has 0 aliphatic carbocycles. The van der Waals surface area contributed by atoms with E-state index in [1.807, 2.05) is 43.6 Å². The molecule has 150 valence electrons. The van der Waals surface area contributed by atoms with E-state index in [9.17, 15) is 13.2 Å². The van der Waals surface area contributed by atoms with Crippen LogP contribution in [0.5, 0.6) is 0 Å². The Hall–Kier alpha value is -1.83. The Morgan fingerprint density at radius 3 is 2.39 bits per heavy atom. The number of carbonyl (C=O) groups is 1. The molecule has 2 atom stereocenters. The Bertz CT molecular complexity index is 899. The number of rotatable bonds is 7. The lowest BCUT2D eigenvalue weighted by molar-refractivity contribution is -0.885. The van der Waals surface area contributed by atoms with Crippen molar-refractivity contribution in [3.8, 4) is 0 Å². The monoisotopic (exact) mass is 419 g/mol. The van der Waals surface area contributed by atoms with E-state index in [4.69, 9.17) is 0 Å². The van der Waals surface area contributed by atoms with Crippen molar-refractivity contribution in [1.82, 2.24) is 0 Å². The van der Waals surface area contributed by atoms with Gasteiger partial charge in [0.25, 0.3) is 5.91 Å². The van der Waals surface area contributed by atoms with Crippen LogP contribution in [0.2, 0.25) is 0 Å². The Labute approximate surface area is 171 Å². The highest BCUT2D eigenvalue weighted by Crippen LogP contribution is 2.24. The van der Waals surface area contributed by atoms with E-state index in [-0.39, 0.29) is 23.5 Å². The van der Waals surface area contributed by atoms with Gasteiger partial charge in [0.1, 0.15) is 6.54 Å². The molecule has 1 amide bonds. The molecular formula is C21H27N2O3S2+. The number of para-hydroxylation sites is 1. The molecule has 7 heteroatoms. The average molecular weight is 420 g/mol. The van der Waals surface area contributed by atoms with Crippen molar-refractivity contribution in [3.05, 3.63) is 60.2 Å². The molecule has 5 nitrogen and oxygen atoms in total. The number of amides is 1. The van der Waals surface area contributed by atoms with Crippen molar-refractivity contribution >= 4 is 33.2 Å². The molecule has 1 fully saturated rings. The van der Waals surface area contributed by atoms with E-state index >= 15 is 0 Å². The number of nitrogens with zero attached hydrogens (tertiary/aromatic N) is 1. The van der Waals surface area contributed by atoms with Crippen molar-refractivity contribution in [3.63, 3.8) is 0 Å². The molecule has 2 aromatic carbocycles. The highest BCUT2D eigenvalue weighted by Gasteiger charge is 2.36. The van der Waals surface area contributed by atoms with E-state index in [0.29, 0.717) is 13.0 Å². The first-order valence-corrected chi connectivity index (χ1v) is 12.4. The summed E-state index contributed by atoms with van der Waals surface area (Å²) in [5.74, 6) is 0.160. The molecule has 1 N–H and O–H groups in total. The van der Waals surface area contributed by atoms with Gasteiger partial charge in [-0.15, -0.1) is 11.8 Å². The van der Waals surface area contributed by atoms with Crippen LogP contribution < -0.4 is 9.80 Å². The number of sulfone groups is 1. The van der Waals surface area contributed by atoms with Gasteiger partial charge in [-0.2, -0.15) is 0 Å². The summed E-state index contributed by atoms with van der Waals surface area (Å²) in [5, 5.41) is 0. The second kappa shape index (κ2) is 9.11.